The highest BCUT2D eigenvalue weighted by molar-refractivity contribution is 6.08. The van der Waals surface area contributed by atoms with E-state index >= 15 is 0 Å². The maximum absolute atomic E-state index is 12.3. The first-order valence-electron chi connectivity index (χ1n) is 7.59. The van der Waals surface area contributed by atoms with Crippen molar-refractivity contribution in [2.45, 2.75) is 33.1 Å². The first kappa shape index (κ1) is 11.6. The summed E-state index contributed by atoms with van der Waals surface area (Å²) in [6, 6.07) is 0. The molecule has 0 aromatic heterocycles. The summed E-state index contributed by atoms with van der Waals surface area (Å²) in [6.07, 6.45) is 6.93. The molecule has 6 atom stereocenters. The average Bonchev–Trinajstić information content (AvgIpc) is 2.99. The number of carbonyl (C=O) groups excluding carboxylic acids is 2. The summed E-state index contributed by atoms with van der Waals surface area (Å²) >= 11 is 0. The van der Waals surface area contributed by atoms with E-state index in [4.69, 9.17) is 0 Å². The fourth-order valence-corrected chi connectivity index (χ4v) is 5.53. The van der Waals surface area contributed by atoms with Gasteiger partial charge in [0.25, 0.3) is 0 Å². The van der Waals surface area contributed by atoms with Crippen LogP contribution in [0.15, 0.2) is 23.3 Å². The van der Waals surface area contributed by atoms with Gasteiger partial charge in [0.1, 0.15) is 0 Å². The lowest BCUT2D eigenvalue weighted by Crippen LogP contribution is -2.45. The molecule has 4 aliphatic rings. The second-order valence-corrected chi connectivity index (χ2v) is 6.88. The van der Waals surface area contributed by atoms with Gasteiger partial charge in [-0.1, -0.05) is 25.0 Å². The molecule has 2 bridgehead atoms. The van der Waals surface area contributed by atoms with Crippen LogP contribution < -0.4 is 0 Å². The highest BCUT2D eigenvalue weighted by Gasteiger charge is 2.54. The third-order valence-electron chi connectivity index (χ3n) is 6.16. The van der Waals surface area contributed by atoms with Gasteiger partial charge in [-0.3, -0.25) is 9.59 Å². The number of allylic oxidation sites excluding steroid dienone is 4. The summed E-state index contributed by atoms with van der Waals surface area (Å²) in [6.45, 7) is 4.37. The fraction of sp³-hybridized carbons (Fsp3) is 0.647. The number of fused-ring (bicyclic) bond motifs is 5. The van der Waals surface area contributed by atoms with Crippen molar-refractivity contribution in [3.05, 3.63) is 23.3 Å². The highest BCUT2D eigenvalue weighted by Crippen LogP contribution is 2.60. The van der Waals surface area contributed by atoms with Crippen LogP contribution in [0.5, 0.6) is 0 Å². The molecule has 2 heteroatoms. The zero-order valence-electron chi connectivity index (χ0n) is 11.6. The van der Waals surface area contributed by atoms with Crippen LogP contribution in [-0.2, 0) is 9.59 Å². The van der Waals surface area contributed by atoms with E-state index in [-0.39, 0.29) is 35.2 Å². The largest absolute Gasteiger partial charge is 0.294 e. The number of rotatable bonds is 0. The van der Waals surface area contributed by atoms with Crippen molar-refractivity contribution >= 4 is 11.6 Å². The molecule has 0 heterocycles. The predicted molar refractivity (Wildman–Crippen MR) is 72.3 cm³/mol. The van der Waals surface area contributed by atoms with Crippen molar-refractivity contribution < 1.29 is 9.59 Å². The topological polar surface area (TPSA) is 34.1 Å². The van der Waals surface area contributed by atoms with E-state index < -0.39 is 0 Å². The second kappa shape index (κ2) is 3.68. The molecule has 0 saturated heterocycles. The molecule has 0 N–H and O–H groups in total. The Morgan fingerprint density at radius 1 is 0.842 bits per heavy atom. The molecule has 2 nitrogen and oxygen atoms in total. The van der Waals surface area contributed by atoms with Crippen LogP contribution in [0.1, 0.15) is 33.1 Å². The third-order valence-corrected chi connectivity index (χ3v) is 6.16. The van der Waals surface area contributed by atoms with E-state index in [9.17, 15) is 9.59 Å². The van der Waals surface area contributed by atoms with E-state index in [1.807, 2.05) is 0 Å². The Hall–Kier alpha value is -1.18. The molecule has 19 heavy (non-hydrogen) atoms. The molecule has 4 aliphatic carbocycles. The SMILES string of the molecule is C[C@@H]1C2=C([C@H]3CC[C@H]2C3)[C@H](C)[C@H]2C(=O)C=CC(=O)[C@H]21. The lowest BCUT2D eigenvalue weighted by atomic mass is 9.58. The Labute approximate surface area is 113 Å². The van der Waals surface area contributed by atoms with Gasteiger partial charge in [-0.25, -0.2) is 0 Å². The smallest absolute Gasteiger partial charge is 0.160 e. The Morgan fingerprint density at radius 3 is 1.68 bits per heavy atom. The monoisotopic (exact) mass is 256 g/mol. The van der Waals surface area contributed by atoms with Crippen LogP contribution in [0.2, 0.25) is 0 Å². The Kier molecular flexibility index (Phi) is 2.25. The molecular formula is C17H20O2. The molecule has 0 aliphatic heterocycles. The second-order valence-electron chi connectivity index (χ2n) is 6.88. The zero-order valence-corrected chi connectivity index (χ0v) is 11.6. The minimum absolute atomic E-state index is 0.0781. The number of hydrogen-bond donors (Lipinski definition) is 0. The van der Waals surface area contributed by atoms with Crippen LogP contribution in [0.4, 0.5) is 0 Å². The molecular weight excluding hydrogens is 236 g/mol. The summed E-state index contributed by atoms with van der Waals surface area (Å²) in [4.78, 5) is 24.5. The van der Waals surface area contributed by atoms with E-state index in [1.54, 1.807) is 11.1 Å². The summed E-state index contributed by atoms with van der Waals surface area (Å²) in [5.74, 6) is 2.20. The number of ketones is 2. The molecule has 0 aromatic rings. The van der Waals surface area contributed by atoms with Gasteiger partial charge in [0, 0.05) is 11.8 Å². The van der Waals surface area contributed by atoms with Crippen LogP contribution in [-0.4, -0.2) is 11.6 Å². The van der Waals surface area contributed by atoms with Crippen molar-refractivity contribution in [2.24, 2.45) is 35.5 Å². The molecule has 4 rings (SSSR count). The molecule has 0 radical (unpaired) electrons. The van der Waals surface area contributed by atoms with Crippen molar-refractivity contribution in [3.8, 4) is 0 Å². The Balaban J connectivity index is 1.86. The van der Waals surface area contributed by atoms with Crippen LogP contribution in [0, 0.1) is 35.5 Å². The summed E-state index contributed by atoms with van der Waals surface area (Å²) in [7, 11) is 0. The van der Waals surface area contributed by atoms with E-state index in [2.05, 4.69) is 13.8 Å². The Bertz CT molecular complexity index is 493. The van der Waals surface area contributed by atoms with Crippen LogP contribution in [0.25, 0.3) is 0 Å². The predicted octanol–water partition coefficient (Wildman–Crippen LogP) is 2.94. The summed E-state index contributed by atoms with van der Waals surface area (Å²) < 4.78 is 0. The van der Waals surface area contributed by atoms with Gasteiger partial charge in [-0.05, 0) is 55.1 Å². The molecule has 0 amide bonds. The molecule has 0 spiro atoms. The third kappa shape index (κ3) is 1.32. The average molecular weight is 256 g/mol. The summed E-state index contributed by atoms with van der Waals surface area (Å²) in [5, 5.41) is 0. The van der Waals surface area contributed by atoms with E-state index in [1.165, 1.54) is 31.4 Å². The van der Waals surface area contributed by atoms with Gasteiger partial charge >= 0.3 is 0 Å². The quantitative estimate of drug-likeness (QED) is 0.624. The van der Waals surface area contributed by atoms with Gasteiger partial charge in [0.05, 0.1) is 0 Å². The maximum Gasteiger partial charge on any atom is 0.160 e. The minimum Gasteiger partial charge on any atom is -0.294 e. The van der Waals surface area contributed by atoms with Crippen molar-refractivity contribution in [2.75, 3.05) is 0 Å². The van der Waals surface area contributed by atoms with Gasteiger partial charge in [-0.15, -0.1) is 0 Å². The van der Waals surface area contributed by atoms with Crippen molar-refractivity contribution in [1.29, 1.82) is 0 Å². The number of carbonyl (C=O) groups is 2. The maximum atomic E-state index is 12.3. The van der Waals surface area contributed by atoms with Gasteiger partial charge in [-0.2, -0.15) is 0 Å². The molecule has 0 aromatic carbocycles. The van der Waals surface area contributed by atoms with Crippen molar-refractivity contribution in [3.63, 3.8) is 0 Å². The van der Waals surface area contributed by atoms with E-state index in [0.29, 0.717) is 11.8 Å². The van der Waals surface area contributed by atoms with Crippen LogP contribution >= 0.6 is 0 Å². The van der Waals surface area contributed by atoms with Crippen LogP contribution in [0.3, 0.4) is 0 Å². The molecule has 0 unspecified atom stereocenters. The van der Waals surface area contributed by atoms with Gasteiger partial charge in [0.15, 0.2) is 11.6 Å². The van der Waals surface area contributed by atoms with E-state index in [0.717, 1.165) is 0 Å². The molecule has 1 fully saturated rings. The fourth-order valence-electron chi connectivity index (χ4n) is 5.53. The standard InChI is InChI=1S/C17H20O2/c1-8-14-10-3-4-11(7-10)15(14)9(2)17-13(19)6-5-12(18)16(8)17/h5-6,8-11,16-17H,3-4,7H2,1-2H3/t8-,9+,10-,11-,16-,17+/m0/s1. The van der Waals surface area contributed by atoms with Crippen molar-refractivity contribution in [1.82, 2.24) is 0 Å². The molecule has 1 saturated carbocycles. The Morgan fingerprint density at radius 2 is 1.26 bits per heavy atom. The number of hydrogen-bond acceptors (Lipinski definition) is 2. The lowest BCUT2D eigenvalue weighted by Gasteiger charge is -2.44. The normalized spacial score (nSPS) is 47.7. The van der Waals surface area contributed by atoms with Gasteiger partial charge < -0.3 is 0 Å². The summed E-state index contributed by atoms with van der Waals surface area (Å²) in [5.41, 5.74) is 3.14. The minimum atomic E-state index is -0.0781. The zero-order chi connectivity index (χ0) is 13.3. The first-order chi connectivity index (χ1) is 9.09. The molecule has 100 valence electrons. The van der Waals surface area contributed by atoms with Gasteiger partial charge in [0.2, 0.25) is 0 Å². The lowest BCUT2D eigenvalue weighted by molar-refractivity contribution is -0.132. The highest BCUT2D eigenvalue weighted by atomic mass is 16.1. The first-order valence-corrected chi connectivity index (χ1v) is 7.59.